The summed E-state index contributed by atoms with van der Waals surface area (Å²) in [7, 11) is 3.01. The number of alkyl halides is 3. The number of piperidine rings is 1. The topological polar surface area (TPSA) is 93.9 Å². The zero-order chi connectivity index (χ0) is 24.3. The van der Waals surface area contributed by atoms with Crippen LogP contribution >= 0.6 is 0 Å². The van der Waals surface area contributed by atoms with Crippen LogP contribution in [0.15, 0.2) is 30.3 Å². The smallest absolute Gasteiger partial charge is 0.416 e. The van der Waals surface area contributed by atoms with E-state index in [-0.39, 0.29) is 17.5 Å². The van der Waals surface area contributed by atoms with Crippen LogP contribution in [0.4, 0.5) is 30.2 Å². The van der Waals surface area contributed by atoms with Crippen molar-refractivity contribution in [2.24, 2.45) is 5.92 Å². The summed E-state index contributed by atoms with van der Waals surface area (Å²) in [5, 5.41) is 14.3. The van der Waals surface area contributed by atoms with Crippen LogP contribution in [0.2, 0.25) is 0 Å². The highest BCUT2D eigenvalue weighted by Crippen LogP contribution is 2.38. The average Bonchev–Trinajstić information content (AvgIpc) is 2.79. The third-order valence-electron chi connectivity index (χ3n) is 5.69. The predicted molar refractivity (Wildman–Crippen MR) is 116 cm³/mol. The van der Waals surface area contributed by atoms with Gasteiger partial charge in [-0.2, -0.15) is 13.2 Å². The maximum atomic E-state index is 12.9. The molecular weight excluding hydrogens is 443 g/mol. The number of nitro benzene ring substituents is 1. The van der Waals surface area contributed by atoms with Gasteiger partial charge in [0.1, 0.15) is 5.69 Å². The molecule has 3 rings (SSSR count). The van der Waals surface area contributed by atoms with E-state index in [0.29, 0.717) is 49.2 Å². The van der Waals surface area contributed by atoms with Gasteiger partial charge >= 0.3 is 6.18 Å². The van der Waals surface area contributed by atoms with Crippen molar-refractivity contribution in [2.45, 2.75) is 25.9 Å². The first-order chi connectivity index (χ1) is 15.5. The zero-order valence-corrected chi connectivity index (χ0v) is 18.4. The number of nitrogens with one attached hydrogen (secondary N) is 1. The standard InChI is InChI=1S/C22H24F3N3O5/c1-13-10-19(32-2)20(33-3)12-16(13)26-21(29)14-6-8-27(9-7-14)17-5-4-15(22(23,24)25)11-18(17)28(30)31/h4-5,10-12,14H,6-9H2,1-3H3,(H,26,29). The second-order valence-corrected chi connectivity index (χ2v) is 7.73. The molecule has 2 aromatic carbocycles. The van der Waals surface area contributed by atoms with Crippen LogP contribution in [0.1, 0.15) is 24.0 Å². The number of ether oxygens (including phenoxy) is 2. The van der Waals surface area contributed by atoms with E-state index in [2.05, 4.69) is 5.32 Å². The Balaban J connectivity index is 1.70. The Hall–Kier alpha value is -3.50. The van der Waals surface area contributed by atoms with Crippen molar-refractivity contribution in [3.05, 3.63) is 51.6 Å². The molecule has 1 aliphatic rings. The van der Waals surface area contributed by atoms with Crippen LogP contribution in [0.5, 0.6) is 11.5 Å². The Bertz CT molecular complexity index is 1050. The van der Waals surface area contributed by atoms with Gasteiger partial charge in [0.05, 0.1) is 24.7 Å². The summed E-state index contributed by atoms with van der Waals surface area (Å²) in [6.07, 6.45) is -3.87. The number of hydrogen-bond acceptors (Lipinski definition) is 6. The lowest BCUT2D eigenvalue weighted by molar-refractivity contribution is -0.384. The van der Waals surface area contributed by atoms with Gasteiger partial charge in [-0.3, -0.25) is 14.9 Å². The van der Waals surface area contributed by atoms with Crippen LogP contribution in [0, 0.1) is 23.0 Å². The van der Waals surface area contributed by atoms with Gasteiger partial charge in [-0.05, 0) is 43.5 Å². The summed E-state index contributed by atoms with van der Waals surface area (Å²) < 4.78 is 49.4. The Morgan fingerprint density at radius 3 is 2.27 bits per heavy atom. The molecule has 0 aromatic heterocycles. The monoisotopic (exact) mass is 467 g/mol. The van der Waals surface area contributed by atoms with Crippen LogP contribution in [0.25, 0.3) is 0 Å². The Kier molecular flexibility index (Phi) is 6.99. The quantitative estimate of drug-likeness (QED) is 0.485. The molecule has 0 spiro atoms. The Labute approximate surface area is 188 Å². The van der Waals surface area contributed by atoms with E-state index < -0.39 is 22.4 Å². The minimum atomic E-state index is -4.67. The van der Waals surface area contributed by atoms with Crippen molar-refractivity contribution in [3.63, 3.8) is 0 Å². The van der Waals surface area contributed by atoms with Crippen LogP contribution in [0.3, 0.4) is 0 Å². The molecule has 0 saturated carbocycles. The zero-order valence-electron chi connectivity index (χ0n) is 18.4. The van der Waals surface area contributed by atoms with Crippen molar-refractivity contribution < 1.29 is 32.4 Å². The number of methoxy groups -OCH3 is 2. The lowest BCUT2D eigenvalue weighted by atomic mass is 9.95. The van der Waals surface area contributed by atoms with E-state index in [4.69, 9.17) is 9.47 Å². The summed E-state index contributed by atoms with van der Waals surface area (Å²) in [5.41, 5.74) is -0.189. The summed E-state index contributed by atoms with van der Waals surface area (Å²) in [4.78, 5) is 25.0. The molecule has 0 radical (unpaired) electrons. The molecule has 1 N–H and O–H groups in total. The third kappa shape index (κ3) is 5.29. The average molecular weight is 467 g/mol. The van der Waals surface area contributed by atoms with Crippen molar-refractivity contribution >= 4 is 23.0 Å². The Morgan fingerprint density at radius 2 is 1.73 bits per heavy atom. The van der Waals surface area contributed by atoms with Gasteiger partial charge in [0.25, 0.3) is 5.69 Å². The maximum Gasteiger partial charge on any atom is 0.416 e. The third-order valence-corrected chi connectivity index (χ3v) is 5.69. The first kappa shape index (κ1) is 24.1. The number of nitro groups is 1. The van der Waals surface area contributed by atoms with Crippen LogP contribution in [-0.4, -0.2) is 38.1 Å². The molecule has 0 unspecified atom stereocenters. The van der Waals surface area contributed by atoms with Gasteiger partial charge in [-0.15, -0.1) is 0 Å². The molecule has 1 aliphatic heterocycles. The predicted octanol–water partition coefficient (Wildman–Crippen LogP) is 4.79. The molecule has 0 bridgehead atoms. The number of halogens is 3. The SMILES string of the molecule is COc1cc(C)c(NC(=O)C2CCN(c3ccc(C(F)(F)F)cc3[N+](=O)[O-])CC2)cc1OC. The van der Waals surface area contributed by atoms with Crippen molar-refractivity contribution in [1.29, 1.82) is 0 Å². The summed E-state index contributed by atoms with van der Waals surface area (Å²) >= 11 is 0. The van der Waals surface area contributed by atoms with Gasteiger partial charge in [-0.1, -0.05) is 0 Å². The van der Waals surface area contributed by atoms with E-state index in [0.717, 1.165) is 17.7 Å². The molecule has 1 amide bonds. The maximum absolute atomic E-state index is 12.9. The number of carbonyl (C=O) groups is 1. The molecule has 11 heteroatoms. The first-order valence-corrected chi connectivity index (χ1v) is 10.2. The van der Waals surface area contributed by atoms with Gasteiger partial charge < -0.3 is 19.7 Å². The number of hydrogen-bond donors (Lipinski definition) is 1. The van der Waals surface area contributed by atoms with Crippen molar-refractivity contribution in [3.8, 4) is 11.5 Å². The fourth-order valence-corrected chi connectivity index (χ4v) is 3.85. The number of carbonyl (C=O) groups excluding carboxylic acids is 1. The van der Waals surface area contributed by atoms with E-state index in [1.54, 1.807) is 17.0 Å². The molecule has 178 valence electrons. The largest absolute Gasteiger partial charge is 0.493 e. The molecule has 1 saturated heterocycles. The van der Waals surface area contributed by atoms with Crippen LogP contribution < -0.4 is 19.7 Å². The van der Waals surface area contributed by atoms with Gasteiger partial charge in [0.15, 0.2) is 11.5 Å². The number of amides is 1. The van der Waals surface area contributed by atoms with Crippen LogP contribution in [-0.2, 0) is 11.0 Å². The van der Waals surface area contributed by atoms with Gasteiger partial charge in [0.2, 0.25) is 5.91 Å². The molecule has 2 aromatic rings. The van der Waals surface area contributed by atoms with Gasteiger partial charge in [0, 0.05) is 36.8 Å². The van der Waals surface area contributed by atoms with Crippen molar-refractivity contribution in [1.82, 2.24) is 0 Å². The number of anilines is 2. The number of nitrogens with zero attached hydrogens (tertiary/aromatic N) is 2. The number of benzene rings is 2. The lowest BCUT2D eigenvalue weighted by Crippen LogP contribution is -2.38. The highest BCUT2D eigenvalue weighted by molar-refractivity contribution is 5.94. The molecule has 33 heavy (non-hydrogen) atoms. The van der Waals surface area contributed by atoms with Gasteiger partial charge in [-0.25, -0.2) is 0 Å². The molecule has 0 aliphatic carbocycles. The van der Waals surface area contributed by atoms with E-state index in [1.807, 2.05) is 6.92 Å². The minimum Gasteiger partial charge on any atom is -0.493 e. The minimum absolute atomic E-state index is 0.114. The molecule has 8 nitrogen and oxygen atoms in total. The molecular formula is C22H24F3N3O5. The number of rotatable bonds is 6. The second-order valence-electron chi connectivity index (χ2n) is 7.73. The first-order valence-electron chi connectivity index (χ1n) is 10.2. The fourth-order valence-electron chi connectivity index (χ4n) is 3.85. The summed E-state index contributed by atoms with van der Waals surface area (Å²) in [6.45, 7) is 2.42. The highest BCUT2D eigenvalue weighted by atomic mass is 19.4. The van der Waals surface area contributed by atoms with E-state index >= 15 is 0 Å². The highest BCUT2D eigenvalue weighted by Gasteiger charge is 2.35. The Morgan fingerprint density at radius 1 is 1.12 bits per heavy atom. The summed E-state index contributed by atoms with van der Waals surface area (Å²) in [6, 6.07) is 5.93. The fraction of sp³-hybridized carbons (Fsp3) is 0.409. The summed E-state index contributed by atoms with van der Waals surface area (Å²) in [5.74, 6) is 0.469. The molecule has 1 fully saturated rings. The lowest BCUT2D eigenvalue weighted by Gasteiger charge is -2.33. The van der Waals surface area contributed by atoms with E-state index in [1.165, 1.54) is 14.2 Å². The molecule has 0 atom stereocenters. The normalized spacial score (nSPS) is 14.7. The molecule has 1 heterocycles. The number of aryl methyl sites for hydroxylation is 1. The van der Waals surface area contributed by atoms with Crippen molar-refractivity contribution in [2.75, 3.05) is 37.5 Å². The second kappa shape index (κ2) is 9.55. The van der Waals surface area contributed by atoms with E-state index in [9.17, 15) is 28.1 Å².